The summed E-state index contributed by atoms with van der Waals surface area (Å²) in [4.78, 5) is 0. The zero-order valence-corrected chi connectivity index (χ0v) is 11.5. The van der Waals surface area contributed by atoms with Gasteiger partial charge in [-0.05, 0) is 17.0 Å². The second kappa shape index (κ2) is 15.3. The van der Waals surface area contributed by atoms with Crippen molar-refractivity contribution in [2.75, 3.05) is 6.26 Å². The molecule has 0 saturated carbocycles. The SMILES string of the molecule is CC.CC.CSSC[n+]1ccccc1. The van der Waals surface area contributed by atoms with Gasteiger partial charge in [0.25, 0.3) is 0 Å². The minimum Gasteiger partial charge on any atom is -0.195 e. The average molecular weight is 232 g/mol. The molecule has 0 atom stereocenters. The lowest BCUT2D eigenvalue weighted by Crippen LogP contribution is -2.29. The van der Waals surface area contributed by atoms with Crippen molar-refractivity contribution in [2.24, 2.45) is 0 Å². The lowest BCUT2D eigenvalue weighted by atomic mass is 10.5. The predicted octanol–water partition coefficient (Wildman–Crippen LogP) is 4.00. The van der Waals surface area contributed by atoms with E-state index in [1.807, 2.05) is 56.7 Å². The van der Waals surface area contributed by atoms with Crippen molar-refractivity contribution < 1.29 is 4.57 Å². The van der Waals surface area contributed by atoms with Crippen LogP contribution < -0.4 is 4.57 Å². The molecule has 0 radical (unpaired) electrons. The van der Waals surface area contributed by atoms with Crippen LogP contribution in [0.15, 0.2) is 30.6 Å². The predicted molar refractivity (Wildman–Crippen MR) is 70.4 cm³/mol. The molecule has 0 aliphatic rings. The molecule has 3 heteroatoms. The van der Waals surface area contributed by atoms with Crippen LogP contribution in [0.3, 0.4) is 0 Å². The van der Waals surface area contributed by atoms with Crippen molar-refractivity contribution in [2.45, 2.75) is 33.6 Å². The molecule has 1 aromatic rings. The number of hydrogen-bond acceptors (Lipinski definition) is 2. The fourth-order valence-corrected chi connectivity index (χ4v) is 1.71. The molecule has 1 nitrogen and oxygen atoms in total. The molecule has 0 spiro atoms. The minimum atomic E-state index is 1.03. The maximum Gasteiger partial charge on any atom is 0.204 e. The quantitative estimate of drug-likeness (QED) is 0.573. The molecule has 0 aliphatic heterocycles. The molecule has 1 aromatic heterocycles. The lowest BCUT2D eigenvalue weighted by Gasteiger charge is -1.90. The molecule has 1 rings (SSSR count). The highest BCUT2D eigenvalue weighted by Gasteiger charge is 1.94. The molecule has 0 bridgehead atoms. The minimum absolute atomic E-state index is 1.03. The number of rotatable bonds is 3. The highest BCUT2D eigenvalue weighted by atomic mass is 33.1. The summed E-state index contributed by atoms with van der Waals surface area (Å²) in [6, 6.07) is 6.11. The van der Waals surface area contributed by atoms with E-state index in [1.54, 1.807) is 10.8 Å². The van der Waals surface area contributed by atoms with Crippen molar-refractivity contribution in [3.8, 4) is 0 Å². The van der Waals surface area contributed by atoms with Gasteiger partial charge < -0.3 is 0 Å². The van der Waals surface area contributed by atoms with Gasteiger partial charge in [-0.25, -0.2) is 0 Å². The van der Waals surface area contributed by atoms with E-state index in [0.29, 0.717) is 0 Å². The molecule has 0 unspecified atom stereocenters. The van der Waals surface area contributed by atoms with Gasteiger partial charge in [0.2, 0.25) is 5.88 Å². The molecule has 0 N–H and O–H groups in total. The average Bonchev–Trinajstić information content (AvgIpc) is 2.33. The van der Waals surface area contributed by atoms with Gasteiger partial charge in [0.1, 0.15) is 0 Å². The van der Waals surface area contributed by atoms with Crippen molar-refractivity contribution in [1.82, 2.24) is 0 Å². The molecular weight excluding hydrogens is 210 g/mol. The van der Waals surface area contributed by atoms with Gasteiger partial charge in [-0.1, -0.05) is 44.6 Å². The largest absolute Gasteiger partial charge is 0.204 e. The summed E-state index contributed by atoms with van der Waals surface area (Å²) in [5, 5.41) is 0. The number of hydrogen-bond donors (Lipinski definition) is 0. The van der Waals surface area contributed by atoms with E-state index in [4.69, 9.17) is 0 Å². The van der Waals surface area contributed by atoms with Crippen LogP contribution in [0.4, 0.5) is 0 Å². The van der Waals surface area contributed by atoms with Gasteiger partial charge >= 0.3 is 0 Å². The fourth-order valence-electron chi connectivity index (χ4n) is 0.634. The topological polar surface area (TPSA) is 3.88 Å². The molecular formula is C11H22NS2+. The Hall–Kier alpha value is -0.150. The van der Waals surface area contributed by atoms with Crippen molar-refractivity contribution in [1.29, 1.82) is 0 Å². The Labute approximate surface area is 96.7 Å². The summed E-state index contributed by atoms with van der Waals surface area (Å²) in [6.07, 6.45) is 6.24. The Bertz CT molecular complexity index is 178. The second-order valence-electron chi connectivity index (χ2n) is 1.80. The summed E-state index contributed by atoms with van der Waals surface area (Å²) in [7, 11) is 3.63. The Morgan fingerprint density at radius 2 is 1.43 bits per heavy atom. The summed E-state index contributed by atoms with van der Waals surface area (Å²) in [6.45, 7) is 8.00. The molecule has 0 fully saturated rings. The maximum atomic E-state index is 2.15. The molecule has 14 heavy (non-hydrogen) atoms. The first-order chi connectivity index (χ1) is 6.93. The van der Waals surface area contributed by atoms with Crippen molar-refractivity contribution >= 4 is 21.6 Å². The smallest absolute Gasteiger partial charge is 0.195 e. The molecule has 0 amide bonds. The molecule has 1 heterocycles. The summed E-state index contributed by atoms with van der Waals surface area (Å²) in [5.74, 6) is 1.03. The van der Waals surface area contributed by atoms with Gasteiger partial charge in [0, 0.05) is 12.1 Å². The van der Waals surface area contributed by atoms with Gasteiger partial charge in [-0.3, -0.25) is 0 Å². The van der Waals surface area contributed by atoms with Crippen molar-refractivity contribution in [3.05, 3.63) is 30.6 Å². The monoisotopic (exact) mass is 232 g/mol. The number of pyridine rings is 1. The molecule has 0 saturated heterocycles. The van der Waals surface area contributed by atoms with Gasteiger partial charge in [0.15, 0.2) is 12.4 Å². The van der Waals surface area contributed by atoms with Crippen LogP contribution >= 0.6 is 21.6 Å². The van der Waals surface area contributed by atoms with E-state index in [-0.39, 0.29) is 0 Å². The molecule has 0 aliphatic carbocycles. The van der Waals surface area contributed by atoms with E-state index in [1.165, 1.54) is 0 Å². The Morgan fingerprint density at radius 1 is 0.929 bits per heavy atom. The van der Waals surface area contributed by atoms with Crippen LogP contribution in [0.2, 0.25) is 0 Å². The van der Waals surface area contributed by atoms with E-state index in [2.05, 4.69) is 23.2 Å². The highest BCUT2D eigenvalue weighted by Crippen LogP contribution is 2.15. The van der Waals surface area contributed by atoms with Gasteiger partial charge in [-0.2, -0.15) is 4.57 Å². The number of nitrogens with zero attached hydrogens (tertiary/aromatic N) is 1. The molecule has 0 aromatic carbocycles. The van der Waals surface area contributed by atoms with Crippen LogP contribution in [0.1, 0.15) is 27.7 Å². The maximum absolute atomic E-state index is 2.15. The first-order valence-corrected chi connectivity index (χ1v) is 7.76. The van der Waals surface area contributed by atoms with E-state index in [9.17, 15) is 0 Å². The zero-order valence-electron chi connectivity index (χ0n) is 9.86. The summed E-state index contributed by atoms with van der Waals surface area (Å²) < 4.78 is 2.15. The van der Waals surface area contributed by atoms with Gasteiger partial charge in [0.05, 0.1) is 0 Å². The number of aromatic nitrogens is 1. The Balaban J connectivity index is 0. The van der Waals surface area contributed by atoms with Crippen LogP contribution in [-0.2, 0) is 5.88 Å². The third-order valence-electron chi connectivity index (χ3n) is 1.10. The van der Waals surface area contributed by atoms with Crippen LogP contribution in [0.5, 0.6) is 0 Å². The highest BCUT2D eigenvalue weighted by molar-refractivity contribution is 8.76. The fraction of sp³-hybridized carbons (Fsp3) is 0.545. The third kappa shape index (κ3) is 9.93. The van der Waals surface area contributed by atoms with Crippen LogP contribution in [-0.4, -0.2) is 6.26 Å². The second-order valence-corrected chi connectivity index (χ2v) is 4.34. The first-order valence-electron chi connectivity index (χ1n) is 5.03. The van der Waals surface area contributed by atoms with E-state index in [0.717, 1.165) is 5.88 Å². The van der Waals surface area contributed by atoms with E-state index < -0.39 is 0 Å². The normalized spacial score (nSPS) is 7.79. The van der Waals surface area contributed by atoms with Crippen LogP contribution in [0, 0.1) is 0 Å². The van der Waals surface area contributed by atoms with Crippen molar-refractivity contribution in [3.63, 3.8) is 0 Å². The lowest BCUT2D eigenvalue weighted by molar-refractivity contribution is -0.675. The summed E-state index contributed by atoms with van der Waals surface area (Å²) >= 11 is 0. The Kier molecular flexibility index (Phi) is 17.8. The Morgan fingerprint density at radius 3 is 1.86 bits per heavy atom. The standard InChI is InChI=1S/C7H10NS2.2C2H6/c1-9-10-7-8-5-3-2-4-6-8;2*1-2/h2-6H,7H2,1H3;2*1-2H3/q+1;;. The summed E-state index contributed by atoms with van der Waals surface area (Å²) in [5.41, 5.74) is 0. The van der Waals surface area contributed by atoms with Gasteiger partial charge in [-0.15, -0.1) is 0 Å². The zero-order chi connectivity index (χ0) is 11.2. The van der Waals surface area contributed by atoms with Crippen LogP contribution in [0.25, 0.3) is 0 Å². The third-order valence-corrected chi connectivity index (χ3v) is 2.76. The van der Waals surface area contributed by atoms with E-state index >= 15 is 0 Å². The first kappa shape index (κ1) is 16.3. The molecule has 82 valence electrons.